The third-order valence-electron chi connectivity index (χ3n) is 4.32. The Kier molecular flexibility index (Phi) is 5.75. The average molecular weight is 239 g/mol. The predicted octanol–water partition coefficient (Wildman–Crippen LogP) is 1.55. The van der Waals surface area contributed by atoms with Crippen LogP contribution < -0.4 is 5.32 Å². The van der Waals surface area contributed by atoms with Crippen LogP contribution in [0.15, 0.2) is 0 Å². The molecule has 0 radical (unpaired) electrons. The molecule has 0 atom stereocenters. The lowest BCUT2D eigenvalue weighted by atomic mass is 10.1. The molecule has 1 N–H and O–H groups in total. The fraction of sp³-hybridized carbons (Fsp3) is 1.00. The number of nitrogens with one attached hydrogen (secondary N) is 1. The molecule has 2 aliphatic heterocycles. The lowest BCUT2D eigenvalue weighted by molar-refractivity contribution is 0.205. The van der Waals surface area contributed by atoms with Crippen LogP contribution >= 0.6 is 0 Å². The van der Waals surface area contributed by atoms with E-state index in [1.165, 1.54) is 77.9 Å². The lowest BCUT2D eigenvalue weighted by Crippen LogP contribution is -2.42. The van der Waals surface area contributed by atoms with Crippen molar-refractivity contribution in [2.45, 2.75) is 45.1 Å². The Morgan fingerprint density at radius 3 is 2.35 bits per heavy atom. The molecule has 0 aliphatic carbocycles. The minimum absolute atomic E-state index is 0.788. The van der Waals surface area contributed by atoms with Crippen molar-refractivity contribution in [2.24, 2.45) is 0 Å². The van der Waals surface area contributed by atoms with Gasteiger partial charge in [0, 0.05) is 6.04 Å². The van der Waals surface area contributed by atoms with Crippen molar-refractivity contribution in [3.8, 4) is 0 Å². The van der Waals surface area contributed by atoms with Gasteiger partial charge in [-0.15, -0.1) is 0 Å². The molecule has 3 heteroatoms. The van der Waals surface area contributed by atoms with E-state index in [4.69, 9.17) is 0 Å². The van der Waals surface area contributed by atoms with E-state index in [0.29, 0.717) is 0 Å². The average Bonchev–Trinajstić information content (AvgIpc) is 2.88. The normalized spacial score (nSPS) is 24.5. The van der Waals surface area contributed by atoms with Gasteiger partial charge in [0.25, 0.3) is 0 Å². The van der Waals surface area contributed by atoms with Crippen LogP contribution in [0, 0.1) is 0 Å². The first-order valence-corrected chi connectivity index (χ1v) is 7.56. The van der Waals surface area contributed by atoms with Gasteiger partial charge in [-0.25, -0.2) is 0 Å². The Hall–Kier alpha value is -0.120. The fourth-order valence-corrected chi connectivity index (χ4v) is 3.07. The molecule has 0 unspecified atom stereocenters. The van der Waals surface area contributed by atoms with Crippen molar-refractivity contribution < 1.29 is 0 Å². The molecule has 0 saturated carbocycles. The van der Waals surface area contributed by atoms with Crippen LogP contribution in [0.1, 0.15) is 39.0 Å². The van der Waals surface area contributed by atoms with Crippen molar-refractivity contribution >= 4 is 0 Å². The van der Waals surface area contributed by atoms with Crippen LogP contribution in [-0.2, 0) is 0 Å². The Balaban J connectivity index is 1.48. The molecular formula is C14H29N3. The Morgan fingerprint density at radius 2 is 1.71 bits per heavy atom. The van der Waals surface area contributed by atoms with Gasteiger partial charge in [-0.05, 0) is 77.9 Å². The maximum atomic E-state index is 3.74. The van der Waals surface area contributed by atoms with Crippen molar-refractivity contribution in [3.05, 3.63) is 0 Å². The summed E-state index contributed by atoms with van der Waals surface area (Å²) in [6.45, 7) is 11.3. The van der Waals surface area contributed by atoms with Gasteiger partial charge in [-0.1, -0.05) is 6.92 Å². The van der Waals surface area contributed by atoms with E-state index in [9.17, 15) is 0 Å². The van der Waals surface area contributed by atoms with Gasteiger partial charge >= 0.3 is 0 Å². The maximum absolute atomic E-state index is 3.74. The topological polar surface area (TPSA) is 18.5 Å². The number of likely N-dealkylation sites (tertiary alicyclic amines) is 2. The minimum atomic E-state index is 0.788. The third-order valence-corrected chi connectivity index (χ3v) is 4.32. The highest BCUT2D eigenvalue weighted by molar-refractivity contribution is 4.76. The van der Waals surface area contributed by atoms with E-state index >= 15 is 0 Å². The molecule has 2 rings (SSSR count). The zero-order chi connectivity index (χ0) is 11.9. The molecule has 2 heterocycles. The second-order valence-corrected chi connectivity index (χ2v) is 5.56. The van der Waals surface area contributed by atoms with Crippen LogP contribution in [0.3, 0.4) is 0 Å². The summed E-state index contributed by atoms with van der Waals surface area (Å²) < 4.78 is 0. The van der Waals surface area contributed by atoms with Crippen LogP contribution in [0.25, 0.3) is 0 Å². The van der Waals surface area contributed by atoms with Crippen LogP contribution in [-0.4, -0.2) is 61.7 Å². The van der Waals surface area contributed by atoms with E-state index in [0.717, 1.165) is 6.04 Å². The summed E-state index contributed by atoms with van der Waals surface area (Å²) >= 11 is 0. The molecule has 0 bridgehead atoms. The summed E-state index contributed by atoms with van der Waals surface area (Å²) in [6, 6.07) is 0.788. The summed E-state index contributed by atoms with van der Waals surface area (Å²) in [6.07, 6.45) is 6.86. The van der Waals surface area contributed by atoms with E-state index in [-0.39, 0.29) is 0 Å². The molecule has 0 aromatic rings. The molecule has 0 aromatic carbocycles. The number of rotatable bonds is 6. The summed E-state index contributed by atoms with van der Waals surface area (Å²) in [5, 5.41) is 3.74. The van der Waals surface area contributed by atoms with Gasteiger partial charge < -0.3 is 15.1 Å². The summed E-state index contributed by atoms with van der Waals surface area (Å²) in [7, 11) is 0. The van der Waals surface area contributed by atoms with Crippen LogP contribution in [0.5, 0.6) is 0 Å². The standard InChI is InChI=1S/C14H29N3/c1-2-16-12-6-14(7-13-16)15-8-5-11-17-9-3-4-10-17/h14-15H,2-13H2,1H3. The van der Waals surface area contributed by atoms with Crippen molar-refractivity contribution in [1.82, 2.24) is 15.1 Å². The van der Waals surface area contributed by atoms with Crippen molar-refractivity contribution in [3.63, 3.8) is 0 Å². The first kappa shape index (κ1) is 13.3. The molecular weight excluding hydrogens is 210 g/mol. The van der Waals surface area contributed by atoms with Gasteiger partial charge in [0.05, 0.1) is 0 Å². The third kappa shape index (κ3) is 4.57. The molecule has 0 amide bonds. The minimum Gasteiger partial charge on any atom is -0.314 e. The van der Waals surface area contributed by atoms with E-state index in [2.05, 4.69) is 22.0 Å². The Morgan fingerprint density at radius 1 is 1.00 bits per heavy atom. The highest BCUT2D eigenvalue weighted by Gasteiger charge is 2.17. The van der Waals surface area contributed by atoms with Gasteiger partial charge in [-0.3, -0.25) is 0 Å². The van der Waals surface area contributed by atoms with Crippen LogP contribution in [0.2, 0.25) is 0 Å². The molecule has 2 aliphatic rings. The highest BCUT2D eigenvalue weighted by Crippen LogP contribution is 2.10. The summed E-state index contributed by atoms with van der Waals surface area (Å²) in [4.78, 5) is 5.17. The SMILES string of the molecule is CCN1CCC(NCCCN2CCCC2)CC1. The molecule has 17 heavy (non-hydrogen) atoms. The van der Waals surface area contributed by atoms with Crippen LogP contribution in [0.4, 0.5) is 0 Å². The summed E-state index contributed by atoms with van der Waals surface area (Å²) in [5.41, 5.74) is 0. The lowest BCUT2D eigenvalue weighted by Gasteiger charge is -2.31. The fourth-order valence-electron chi connectivity index (χ4n) is 3.07. The first-order chi connectivity index (χ1) is 8.38. The van der Waals surface area contributed by atoms with Gasteiger partial charge in [0.15, 0.2) is 0 Å². The van der Waals surface area contributed by atoms with Gasteiger partial charge in [0.2, 0.25) is 0 Å². The van der Waals surface area contributed by atoms with Gasteiger partial charge in [0.1, 0.15) is 0 Å². The largest absolute Gasteiger partial charge is 0.314 e. The molecule has 2 saturated heterocycles. The molecule has 3 nitrogen and oxygen atoms in total. The number of nitrogens with zero attached hydrogens (tertiary/aromatic N) is 2. The molecule has 100 valence electrons. The van der Waals surface area contributed by atoms with Crippen molar-refractivity contribution in [1.29, 1.82) is 0 Å². The summed E-state index contributed by atoms with van der Waals surface area (Å²) in [5.74, 6) is 0. The van der Waals surface area contributed by atoms with Gasteiger partial charge in [-0.2, -0.15) is 0 Å². The zero-order valence-electron chi connectivity index (χ0n) is 11.5. The van der Waals surface area contributed by atoms with E-state index in [1.807, 2.05) is 0 Å². The zero-order valence-corrected chi connectivity index (χ0v) is 11.5. The number of hydrogen-bond donors (Lipinski definition) is 1. The monoisotopic (exact) mass is 239 g/mol. The van der Waals surface area contributed by atoms with E-state index < -0.39 is 0 Å². The molecule has 2 fully saturated rings. The Bertz CT molecular complexity index is 194. The predicted molar refractivity (Wildman–Crippen MR) is 73.4 cm³/mol. The van der Waals surface area contributed by atoms with Crippen molar-refractivity contribution in [2.75, 3.05) is 45.8 Å². The first-order valence-electron chi connectivity index (χ1n) is 7.56. The second-order valence-electron chi connectivity index (χ2n) is 5.56. The second kappa shape index (κ2) is 7.34. The van der Waals surface area contributed by atoms with E-state index in [1.54, 1.807) is 0 Å². The smallest absolute Gasteiger partial charge is 0.00914 e. The Labute approximate surface area is 107 Å². The maximum Gasteiger partial charge on any atom is 0.00914 e. The highest BCUT2D eigenvalue weighted by atomic mass is 15.1. The number of piperidine rings is 1. The quantitative estimate of drug-likeness (QED) is 0.710. The number of hydrogen-bond acceptors (Lipinski definition) is 3. The molecule has 0 aromatic heterocycles. The molecule has 0 spiro atoms.